The number of rotatable bonds is 7. The molecule has 0 aromatic heterocycles. The maximum Gasteiger partial charge on any atom is 0.319 e. The first-order valence-electron chi connectivity index (χ1n) is 7.81. The smallest absolute Gasteiger partial charge is 0.319 e. The number of ether oxygens (including phenoxy) is 1. The molecule has 0 fully saturated rings. The first kappa shape index (κ1) is 19.5. The number of benzene rings is 2. The van der Waals surface area contributed by atoms with Gasteiger partial charge in [0.15, 0.2) is 0 Å². The molecule has 2 aromatic rings. The van der Waals surface area contributed by atoms with E-state index in [1.807, 2.05) is 6.07 Å². The molecule has 2 aromatic carbocycles. The van der Waals surface area contributed by atoms with Gasteiger partial charge in [-0.3, -0.25) is 9.59 Å². The van der Waals surface area contributed by atoms with Crippen molar-refractivity contribution in [2.24, 2.45) is 0 Å². The molecule has 0 aliphatic heterocycles. The third-order valence-electron chi connectivity index (χ3n) is 3.43. The Kier molecular flexibility index (Phi) is 7.18. The fourth-order valence-corrected chi connectivity index (χ4v) is 2.70. The number of nitrogens with zero attached hydrogens (tertiary/aromatic N) is 1. The van der Waals surface area contributed by atoms with Gasteiger partial charge in [0.1, 0.15) is 17.7 Å². The Balaban J connectivity index is 1.77. The van der Waals surface area contributed by atoms with Crippen molar-refractivity contribution in [1.82, 2.24) is 0 Å². The highest BCUT2D eigenvalue weighted by Crippen LogP contribution is 2.16. The highest BCUT2D eigenvalue weighted by Gasteiger charge is 2.17. The Labute approximate surface area is 155 Å². The van der Waals surface area contributed by atoms with Crippen LogP contribution in [-0.2, 0) is 20.9 Å². The van der Waals surface area contributed by atoms with Gasteiger partial charge in [0.2, 0.25) is 5.91 Å². The number of carbonyl (C=O) groups is 2. The van der Waals surface area contributed by atoms with Crippen LogP contribution in [0.2, 0.25) is 0 Å². The van der Waals surface area contributed by atoms with Crippen molar-refractivity contribution < 1.29 is 18.7 Å². The van der Waals surface area contributed by atoms with E-state index in [0.717, 1.165) is 11.8 Å². The molecule has 1 atom stereocenters. The van der Waals surface area contributed by atoms with Crippen LogP contribution in [0.3, 0.4) is 0 Å². The summed E-state index contributed by atoms with van der Waals surface area (Å²) in [5.41, 5.74) is 1.58. The maximum atomic E-state index is 12.8. The van der Waals surface area contributed by atoms with Crippen molar-refractivity contribution in [2.75, 3.05) is 11.1 Å². The Morgan fingerprint density at radius 1 is 1.23 bits per heavy atom. The molecule has 2 rings (SSSR count). The van der Waals surface area contributed by atoms with Crippen LogP contribution in [0, 0.1) is 17.1 Å². The van der Waals surface area contributed by atoms with Crippen molar-refractivity contribution in [3.05, 3.63) is 65.5 Å². The molecule has 0 saturated heterocycles. The van der Waals surface area contributed by atoms with Crippen LogP contribution in [-0.4, -0.2) is 22.9 Å². The maximum absolute atomic E-state index is 12.8. The zero-order chi connectivity index (χ0) is 18.9. The van der Waals surface area contributed by atoms with E-state index in [2.05, 4.69) is 5.32 Å². The SMILES string of the molecule is C[C@H](SCC(=O)Nc1ccc(F)cc1)C(=O)OCc1ccccc1C#N. The lowest BCUT2D eigenvalue weighted by Crippen LogP contribution is -2.21. The van der Waals surface area contributed by atoms with Gasteiger partial charge in [-0.2, -0.15) is 5.26 Å². The van der Waals surface area contributed by atoms with Crippen LogP contribution in [0.15, 0.2) is 48.5 Å². The highest BCUT2D eigenvalue weighted by molar-refractivity contribution is 8.01. The summed E-state index contributed by atoms with van der Waals surface area (Å²) in [6.45, 7) is 1.66. The Bertz CT molecular complexity index is 818. The van der Waals surface area contributed by atoms with E-state index in [1.54, 1.807) is 31.2 Å². The number of halogens is 1. The van der Waals surface area contributed by atoms with Crippen molar-refractivity contribution in [3.63, 3.8) is 0 Å². The monoisotopic (exact) mass is 372 g/mol. The molecule has 5 nitrogen and oxygen atoms in total. The number of carbonyl (C=O) groups excluding carboxylic acids is 2. The van der Waals surface area contributed by atoms with E-state index >= 15 is 0 Å². The summed E-state index contributed by atoms with van der Waals surface area (Å²) in [6.07, 6.45) is 0. The molecule has 0 heterocycles. The lowest BCUT2D eigenvalue weighted by Gasteiger charge is -2.12. The predicted molar refractivity (Wildman–Crippen MR) is 97.9 cm³/mol. The summed E-state index contributed by atoms with van der Waals surface area (Å²) in [6, 6.07) is 14.3. The molecule has 26 heavy (non-hydrogen) atoms. The van der Waals surface area contributed by atoms with E-state index in [0.29, 0.717) is 16.8 Å². The minimum atomic E-state index is -0.539. The fraction of sp³-hybridized carbons (Fsp3) is 0.211. The fourth-order valence-electron chi connectivity index (χ4n) is 2.02. The second kappa shape index (κ2) is 9.59. The zero-order valence-electron chi connectivity index (χ0n) is 14.1. The van der Waals surface area contributed by atoms with E-state index in [1.165, 1.54) is 24.3 Å². The van der Waals surface area contributed by atoms with E-state index in [-0.39, 0.29) is 24.1 Å². The van der Waals surface area contributed by atoms with E-state index in [4.69, 9.17) is 10.00 Å². The lowest BCUT2D eigenvalue weighted by atomic mass is 10.1. The van der Waals surface area contributed by atoms with Gasteiger partial charge in [-0.05, 0) is 37.3 Å². The Morgan fingerprint density at radius 3 is 2.62 bits per heavy atom. The van der Waals surface area contributed by atoms with Gasteiger partial charge in [-0.1, -0.05) is 18.2 Å². The molecule has 0 unspecified atom stereocenters. The van der Waals surface area contributed by atoms with E-state index < -0.39 is 11.2 Å². The summed E-state index contributed by atoms with van der Waals surface area (Å²) in [4.78, 5) is 23.9. The summed E-state index contributed by atoms with van der Waals surface area (Å²) in [5, 5.41) is 11.1. The Hall–Kier alpha value is -2.85. The first-order valence-corrected chi connectivity index (χ1v) is 8.86. The standard InChI is InChI=1S/C19H17FN2O3S/c1-13(19(24)25-11-15-5-3-2-4-14(15)10-21)26-12-18(23)22-17-8-6-16(20)7-9-17/h2-9,13H,11-12H2,1H3,(H,22,23)/t13-/m0/s1. The molecule has 134 valence electrons. The van der Waals surface area contributed by atoms with Crippen LogP contribution in [0.25, 0.3) is 0 Å². The quantitative estimate of drug-likeness (QED) is 0.753. The topological polar surface area (TPSA) is 79.2 Å². The van der Waals surface area contributed by atoms with Gasteiger partial charge in [0.05, 0.1) is 17.4 Å². The molecule has 7 heteroatoms. The molecular weight excluding hydrogens is 355 g/mol. The normalized spacial score (nSPS) is 11.3. The molecule has 1 amide bonds. The average Bonchev–Trinajstić information content (AvgIpc) is 2.66. The molecule has 0 aliphatic carbocycles. The minimum absolute atomic E-state index is 0.00917. The first-order chi connectivity index (χ1) is 12.5. The van der Waals surface area contributed by atoms with Crippen LogP contribution >= 0.6 is 11.8 Å². The van der Waals surface area contributed by atoms with Gasteiger partial charge in [-0.15, -0.1) is 11.8 Å². The molecule has 0 aliphatic rings. The number of hydrogen-bond donors (Lipinski definition) is 1. The highest BCUT2D eigenvalue weighted by atomic mass is 32.2. The number of esters is 1. The molecule has 0 saturated carbocycles. The van der Waals surface area contributed by atoms with Crippen LogP contribution < -0.4 is 5.32 Å². The summed E-state index contributed by atoms with van der Waals surface area (Å²) in [7, 11) is 0. The van der Waals surface area contributed by atoms with Gasteiger partial charge >= 0.3 is 5.97 Å². The average molecular weight is 372 g/mol. The predicted octanol–water partition coefficient (Wildman–Crippen LogP) is 3.50. The lowest BCUT2D eigenvalue weighted by molar-refractivity contribution is -0.143. The molecular formula is C19H17FN2O3S. The van der Waals surface area contributed by atoms with Crippen molar-refractivity contribution in [3.8, 4) is 6.07 Å². The van der Waals surface area contributed by atoms with Gasteiger partial charge < -0.3 is 10.1 Å². The minimum Gasteiger partial charge on any atom is -0.460 e. The third-order valence-corrected chi connectivity index (χ3v) is 4.55. The number of amides is 1. The zero-order valence-corrected chi connectivity index (χ0v) is 14.9. The van der Waals surface area contributed by atoms with Gasteiger partial charge in [0.25, 0.3) is 0 Å². The molecule has 0 spiro atoms. The van der Waals surface area contributed by atoms with Crippen molar-refractivity contribution in [2.45, 2.75) is 18.8 Å². The number of thioether (sulfide) groups is 1. The number of anilines is 1. The second-order valence-corrected chi connectivity index (χ2v) is 6.71. The van der Waals surface area contributed by atoms with E-state index in [9.17, 15) is 14.0 Å². The van der Waals surface area contributed by atoms with Gasteiger partial charge in [-0.25, -0.2) is 4.39 Å². The van der Waals surface area contributed by atoms with Crippen molar-refractivity contribution in [1.29, 1.82) is 5.26 Å². The molecule has 1 N–H and O–H groups in total. The van der Waals surface area contributed by atoms with Crippen molar-refractivity contribution >= 4 is 29.3 Å². The van der Waals surface area contributed by atoms with Crippen LogP contribution in [0.4, 0.5) is 10.1 Å². The number of hydrogen-bond acceptors (Lipinski definition) is 5. The van der Waals surface area contributed by atoms with Crippen LogP contribution in [0.5, 0.6) is 0 Å². The third kappa shape index (κ3) is 5.90. The van der Waals surface area contributed by atoms with Gasteiger partial charge in [0, 0.05) is 11.3 Å². The molecule has 0 bridgehead atoms. The number of nitriles is 1. The van der Waals surface area contributed by atoms with Crippen LogP contribution in [0.1, 0.15) is 18.1 Å². The largest absolute Gasteiger partial charge is 0.460 e. The summed E-state index contributed by atoms with van der Waals surface area (Å²) in [5.74, 6) is -1.08. The second-order valence-electron chi connectivity index (χ2n) is 5.38. The number of nitrogens with one attached hydrogen (secondary N) is 1. The molecule has 0 radical (unpaired) electrons. The summed E-state index contributed by atoms with van der Waals surface area (Å²) < 4.78 is 18.0. The summed E-state index contributed by atoms with van der Waals surface area (Å²) >= 11 is 1.13. The Morgan fingerprint density at radius 2 is 1.92 bits per heavy atom.